The number of benzene rings is 1. The molecule has 6 nitrogen and oxygen atoms in total. The molecule has 0 saturated heterocycles. The van der Waals surface area contributed by atoms with Crippen LogP contribution >= 0.6 is 11.6 Å². The Hall–Kier alpha value is -2.13. The Labute approximate surface area is 141 Å². The molecule has 0 amide bonds. The molecule has 0 aliphatic carbocycles. The van der Waals surface area contributed by atoms with Gasteiger partial charge in [-0.3, -0.25) is 9.40 Å². The van der Waals surface area contributed by atoms with Gasteiger partial charge in [0.05, 0.1) is 11.9 Å². The van der Waals surface area contributed by atoms with Crippen molar-refractivity contribution in [2.45, 2.75) is 17.7 Å². The topological polar surface area (TPSA) is 79.8 Å². The summed E-state index contributed by atoms with van der Waals surface area (Å²) in [6, 6.07) is 4.67. The minimum Gasteiger partial charge on any atom is -0.360 e. The van der Waals surface area contributed by atoms with Gasteiger partial charge in [0.1, 0.15) is 10.6 Å². The quantitative estimate of drug-likeness (QED) is 0.733. The van der Waals surface area contributed by atoms with E-state index >= 15 is 0 Å². The van der Waals surface area contributed by atoms with Gasteiger partial charge in [0, 0.05) is 36.1 Å². The highest BCUT2D eigenvalue weighted by molar-refractivity contribution is 7.93. The highest BCUT2D eigenvalue weighted by Crippen LogP contribution is 2.34. The fourth-order valence-corrected chi connectivity index (χ4v) is 3.93. The van der Waals surface area contributed by atoms with E-state index in [9.17, 15) is 17.2 Å². The standard InChI is InChI=1S/C14H13ClF2N4O2S/c1-14(16,17)13-11(6-19-21(13)2)20-24(22,23)12-7-18-10-5-8(15)3-4-9(10)12/h3-7,18,20H,1-2H3. The van der Waals surface area contributed by atoms with Gasteiger partial charge < -0.3 is 4.98 Å². The number of nitrogens with zero attached hydrogens (tertiary/aromatic N) is 2. The van der Waals surface area contributed by atoms with Crippen LogP contribution in [0, 0.1) is 0 Å². The Morgan fingerprint density at radius 1 is 1.38 bits per heavy atom. The van der Waals surface area contributed by atoms with Crippen LogP contribution in [0.4, 0.5) is 14.5 Å². The fraction of sp³-hybridized carbons (Fsp3) is 0.214. The zero-order valence-corrected chi connectivity index (χ0v) is 14.2. The normalized spacial score (nSPS) is 12.7. The van der Waals surface area contributed by atoms with E-state index in [2.05, 4.69) is 14.8 Å². The minimum absolute atomic E-state index is 0.0663. The first-order valence-electron chi connectivity index (χ1n) is 6.79. The molecule has 2 aromatic heterocycles. The lowest BCUT2D eigenvalue weighted by Gasteiger charge is -2.14. The second kappa shape index (κ2) is 5.45. The molecule has 0 aliphatic heterocycles. The molecule has 2 heterocycles. The Morgan fingerprint density at radius 2 is 2.08 bits per heavy atom. The van der Waals surface area contributed by atoms with E-state index in [1.54, 1.807) is 18.2 Å². The number of H-pyrrole nitrogens is 1. The SMILES string of the molecule is Cn1ncc(NS(=O)(=O)c2c[nH]c3cc(Cl)ccc23)c1C(C)(F)F. The van der Waals surface area contributed by atoms with Crippen molar-refractivity contribution >= 4 is 38.2 Å². The summed E-state index contributed by atoms with van der Waals surface area (Å²) in [7, 11) is -2.77. The van der Waals surface area contributed by atoms with Gasteiger partial charge in [-0.15, -0.1) is 0 Å². The van der Waals surface area contributed by atoms with Crippen LogP contribution in [-0.4, -0.2) is 23.2 Å². The van der Waals surface area contributed by atoms with Crippen molar-refractivity contribution in [3.8, 4) is 0 Å². The number of sulfonamides is 1. The molecule has 0 fully saturated rings. The number of aromatic nitrogens is 3. The molecular weight excluding hydrogens is 362 g/mol. The number of aromatic amines is 1. The molecule has 0 aliphatic rings. The van der Waals surface area contributed by atoms with Gasteiger partial charge in [0.25, 0.3) is 15.9 Å². The third-order valence-electron chi connectivity index (χ3n) is 3.49. The first-order valence-corrected chi connectivity index (χ1v) is 8.65. The maximum absolute atomic E-state index is 13.7. The lowest BCUT2D eigenvalue weighted by molar-refractivity contribution is 0.00968. The Kier molecular flexibility index (Phi) is 3.80. The summed E-state index contributed by atoms with van der Waals surface area (Å²) in [6.45, 7) is 0.676. The molecule has 3 rings (SSSR count). The maximum atomic E-state index is 13.7. The summed E-state index contributed by atoms with van der Waals surface area (Å²) in [5.74, 6) is -3.25. The number of fused-ring (bicyclic) bond motifs is 1. The predicted octanol–water partition coefficient (Wildman–Crippen LogP) is 3.47. The number of hydrogen-bond donors (Lipinski definition) is 2. The van der Waals surface area contributed by atoms with Crippen molar-refractivity contribution in [1.29, 1.82) is 0 Å². The summed E-state index contributed by atoms with van der Waals surface area (Å²) in [6.07, 6.45) is 2.33. The number of rotatable bonds is 4. The van der Waals surface area contributed by atoms with Gasteiger partial charge in [-0.2, -0.15) is 13.9 Å². The molecule has 1 aromatic carbocycles. The summed E-state index contributed by atoms with van der Waals surface area (Å²) in [4.78, 5) is 2.73. The lowest BCUT2D eigenvalue weighted by Crippen LogP contribution is -2.19. The number of halogens is 3. The molecule has 24 heavy (non-hydrogen) atoms. The Bertz CT molecular complexity index is 1020. The number of anilines is 1. The van der Waals surface area contributed by atoms with Crippen molar-refractivity contribution in [3.63, 3.8) is 0 Å². The van der Waals surface area contributed by atoms with E-state index in [1.807, 2.05) is 0 Å². The van der Waals surface area contributed by atoms with Crippen LogP contribution < -0.4 is 4.72 Å². The molecule has 0 atom stereocenters. The number of alkyl halides is 2. The summed E-state index contributed by atoms with van der Waals surface area (Å²) >= 11 is 5.87. The fourth-order valence-electron chi connectivity index (χ4n) is 2.53. The summed E-state index contributed by atoms with van der Waals surface area (Å²) in [5.41, 5.74) is -0.266. The number of hydrogen-bond acceptors (Lipinski definition) is 3. The van der Waals surface area contributed by atoms with E-state index in [1.165, 1.54) is 13.2 Å². The van der Waals surface area contributed by atoms with Crippen molar-refractivity contribution in [3.05, 3.63) is 41.3 Å². The Morgan fingerprint density at radius 3 is 2.75 bits per heavy atom. The average Bonchev–Trinajstić information content (AvgIpc) is 3.01. The largest absolute Gasteiger partial charge is 0.360 e. The van der Waals surface area contributed by atoms with E-state index in [0.29, 0.717) is 22.8 Å². The molecule has 0 bridgehead atoms. The first kappa shape index (κ1) is 16.7. The van der Waals surface area contributed by atoms with Crippen molar-refractivity contribution in [1.82, 2.24) is 14.8 Å². The van der Waals surface area contributed by atoms with E-state index in [0.717, 1.165) is 10.9 Å². The molecule has 2 N–H and O–H groups in total. The first-order chi connectivity index (χ1) is 11.1. The third kappa shape index (κ3) is 2.84. The van der Waals surface area contributed by atoms with Crippen molar-refractivity contribution in [2.24, 2.45) is 7.05 Å². The minimum atomic E-state index is -4.09. The smallest absolute Gasteiger partial charge is 0.288 e. The summed E-state index contributed by atoms with van der Waals surface area (Å²) < 4.78 is 55.7. The molecule has 0 radical (unpaired) electrons. The Balaban J connectivity index is 2.06. The van der Waals surface area contributed by atoms with Crippen LogP contribution in [0.1, 0.15) is 12.6 Å². The molecule has 0 saturated carbocycles. The second-order valence-electron chi connectivity index (χ2n) is 5.37. The van der Waals surface area contributed by atoms with Gasteiger partial charge in [-0.05, 0) is 18.2 Å². The highest BCUT2D eigenvalue weighted by Gasteiger charge is 2.33. The molecular formula is C14H13ClF2N4O2S. The van der Waals surface area contributed by atoms with Crippen LogP contribution in [0.25, 0.3) is 10.9 Å². The van der Waals surface area contributed by atoms with E-state index < -0.39 is 21.6 Å². The number of aryl methyl sites for hydroxylation is 1. The zero-order valence-electron chi connectivity index (χ0n) is 12.6. The highest BCUT2D eigenvalue weighted by atomic mass is 35.5. The maximum Gasteiger partial charge on any atom is 0.288 e. The number of nitrogens with one attached hydrogen (secondary N) is 2. The molecule has 128 valence electrons. The van der Waals surface area contributed by atoms with Crippen LogP contribution in [0.5, 0.6) is 0 Å². The van der Waals surface area contributed by atoms with Crippen LogP contribution in [-0.2, 0) is 23.0 Å². The molecule has 0 unspecified atom stereocenters. The molecule has 3 aromatic rings. The third-order valence-corrected chi connectivity index (χ3v) is 5.13. The van der Waals surface area contributed by atoms with E-state index in [4.69, 9.17) is 11.6 Å². The van der Waals surface area contributed by atoms with Gasteiger partial charge in [-0.25, -0.2) is 8.42 Å². The molecule has 0 spiro atoms. The van der Waals surface area contributed by atoms with Crippen LogP contribution in [0.2, 0.25) is 5.02 Å². The zero-order chi connectivity index (χ0) is 17.7. The lowest BCUT2D eigenvalue weighted by atomic mass is 10.2. The monoisotopic (exact) mass is 374 g/mol. The van der Waals surface area contributed by atoms with Crippen molar-refractivity contribution in [2.75, 3.05) is 4.72 Å². The van der Waals surface area contributed by atoms with Gasteiger partial charge in [-0.1, -0.05) is 11.6 Å². The predicted molar refractivity (Wildman–Crippen MR) is 86.9 cm³/mol. The summed E-state index contributed by atoms with van der Waals surface area (Å²) in [5, 5.41) is 4.56. The van der Waals surface area contributed by atoms with Crippen LogP contribution in [0.3, 0.4) is 0 Å². The average molecular weight is 375 g/mol. The van der Waals surface area contributed by atoms with Gasteiger partial charge in [0.15, 0.2) is 0 Å². The van der Waals surface area contributed by atoms with Gasteiger partial charge in [0.2, 0.25) is 0 Å². The second-order valence-corrected chi connectivity index (χ2v) is 7.45. The van der Waals surface area contributed by atoms with Gasteiger partial charge >= 0.3 is 0 Å². The van der Waals surface area contributed by atoms with E-state index in [-0.39, 0.29) is 10.6 Å². The van der Waals surface area contributed by atoms with Crippen LogP contribution in [0.15, 0.2) is 35.5 Å². The molecule has 10 heteroatoms. The van der Waals surface area contributed by atoms with Crippen molar-refractivity contribution < 1.29 is 17.2 Å².